The minimum Gasteiger partial charge on any atom is -0.494 e. The van der Waals surface area contributed by atoms with Gasteiger partial charge in [-0.25, -0.2) is 4.39 Å². The van der Waals surface area contributed by atoms with Gasteiger partial charge in [-0.05, 0) is 23.6 Å². The largest absolute Gasteiger partial charge is 0.494 e. The number of halogens is 1. The Hall–Kier alpha value is -1.99. The average molecular weight is 362 g/mol. The second kappa shape index (κ2) is 8.60. The highest BCUT2D eigenvalue weighted by molar-refractivity contribution is 5.29. The quantitative estimate of drug-likeness (QED) is 0.755. The monoisotopic (exact) mass is 362 g/mol. The first-order chi connectivity index (χ1) is 12.5. The van der Waals surface area contributed by atoms with Crippen molar-refractivity contribution in [3.05, 3.63) is 41.3 Å². The van der Waals surface area contributed by atoms with Gasteiger partial charge in [0, 0.05) is 39.1 Å². The number of aromatic nitrogens is 2. The van der Waals surface area contributed by atoms with Gasteiger partial charge < -0.3 is 9.26 Å². The molecule has 2 heterocycles. The second-order valence-electron chi connectivity index (χ2n) is 7.22. The van der Waals surface area contributed by atoms with Crippen molar-refractivity contribution in [1.82, 2.24) is 19.9 Å². The fourth-order valence-electron chi connectivity index (χ4n) is 3.17. The van der Waals surface area contributed by atoms with Crippen LogP contribution in [0.3, 0.4) is 0 Å². The standard InChI is InChI=1S/C19H27FN4O2/c1-14(2)10-18-21-19(26-22-18)13-24-8-6-23(7-9-24)12-15-4-5-17(25-3)16(20)11-15/h4-5,11,14H,6-10,12-13H2,1-3H3. The first-order valence-electron chi connectivity index (χ1n) is 9.12. The van der Waals surface area contributed by atoms with Crippen LogP contribution < -0.4 is 4.74 Å². The number of methoxy groups -OCH3 is 1. The summed E-state index contributed by atoms with van der Waals surface area (Å²) in [6.07, 6.45) is 0.843. The first kappa shape index (κ1) is 18.8. The van der Waals surface area contributed by atoms with Crippen molar-refractivity contribution in [2.24, 2.45) is 5.92 Å². The molecule has 7 heteroatoms. The maximum absolute atomic E-state index is 13.8. The van der Waals surface area contributed by atoms with E-state index in [2.05, 4.69) is 33.8 Å². The zero-order valence-electron chi connectivity index (χ0n) is 15.7. The molecule has 2 aromatic rings. The van der Waals surface area contributed by atoms with Crippen LogP contribution in [0.25, 0.3) is 0 Å². The molecular weight excluding hydrogens is 335 g/mol. The molecular formula is C19H27FN4O2. The maximum Gasteiger partial charge on any atom is 0.240 e. The third-order valence-electron chi connectivity index (χ3n) is 4.55. The van der Waals surface area contributed by atoms with Crippen LogP contribution in [0.5, 0.6) is 5.75 Å². The predicted molar refractivity (Wildman–Crippen MR) is 96.3 cm³/mol. The SMILES string of the molecule is COc1ccc(CN2CCN(Cc3nc(CC(C)C)no3)CC2)cc1F. The maximum atomic E-state index is 13.8. The molecule has 142 valence electrons. The molecule has 6 nitrogen and oxygen atoms in total. The molecule has 0 amide bonds. The zero-order valence-corrected chi connectivity index (χ0v) is 15.7. The third kappa shape index (κ3) is 5.02. The van der Waals surface area contributed by atoms with E-state index in [0.29, 0.717) is 18.4 Å². The Balaban J connectivity index is 1.46. The van der Waals surface area contributed by atoms with E-state index in [0.717, 1.165) is 50.5 Å². The van der Waals surface area contributed by atoms with Crippen LogP contribution in [-0.2, 0) is 19.5 Å². The minimum absolute atomic E-state index is 0.287. The van der Waals surface area contributed by atoms with Crippen molar-refractivity contribution in [1.29, 1.82) is 0 Å². The highest BCUT2D eigenvalue weighted by atomic mass is 19.1. The number of rotatable bonds is 7. The lowest BCUT2D eigenvalue weighted by molar-refractivity contribution is 0.112. The van der Waals surface area contributed by atoms with Gasteiger partial charge in [-0.2, -0.15) is 4.98 Å². The summed E-state index contributed by atoms with van der Waals surface area (Å²) < 4.78 is 24.1. The lowest BCUT2D eigenvalue weighted by atomic mass is 10.1. The molecule has 26 heavy (non-hydrogen) atoms. The number of ether oxygens (including phenoxy) is 1. The molecule has 0 bridgehead atoms. The van der Waals surface area contributed by atoms with E-state index in [1.807, 2.05) is 6.07 Å². The molecule has 0 atom stereocenters. The van der Waals surface area contributed by atoms with E-state index in [4.69, 9.17) is 9.26 Å². The van der Waals surface area contributed by atoms with Crippen molar-refractivity contribution in [3.63, 3.8) is 0 Å². The summed E-state index contributed by atoms with van der Waals surface area (Å²) in [5.74, 6) is 1.97. The minimum atomic E-state index is -0.308. The summed E-state index contributed by atoms with van der Waals surface area (Å²) in [5, 5.41) is 4.05. The Labute approximate surface area is 153 Å². The highest BCUT2D eigenvalue weighted by Gasteiger charge is 2.20. The van der Waals surface area contributed by atoms with Gasteiger partial charge in [0.05, 0.1) is 13.7 Å². The predicted octanol–water partition coefficient (Wildman–Crippen LogP) is 2.73. The fraction of sp³-hybridized carbons (Fsp3) is 0.579. The van der Waals surface area contributed by atoms with Crippen LogP contribution in [0.15, 0.2) is 22.7 Å². The lowest BCUT2D eigenvalue weighted by Gasteiger charge is -2.33. The van der Waals surface area contributed by atoms with Gasteiger partial charge in [0.25, 0.3) is 0 Å². The van der Waals surface area contributed by atoms with Crippen LogP contribution >= 0.6 is 0 Å². The van der Waals surface area contributed by atoms with E-state index >= 15 is 0 Å². The van der Waals surface area contributed by atoms with Crippen LogP contribution in [0.4, 0.5) is 4.39 Å². The summed E-state index contributed by atoms with van der Waals surface area (Å²) in [6, 6.07) is 5.16. The topological polar surface area (TPSA) is 54.6 Å². The molecule has 0 unspecified atom stereocenters. The van der Waals surface area contributed by atoms with Gasteiger partial charge in [-0.15, -0.1) is 0 Å². The van der Waals surface area contributed by atoms with Gasteiger partial charge in [-0.3, -0.25) is 9.80 Å². The summed E-state index contributed by atoms with van der Waals surface area (Å²) in [7, 11) is 1.48. The number of benzene rings is 1. The van der Waals surface area contributed by atoms with Gasteiger partial charge in [0.15, 0.2) is 17.4 Å². The van der Waals surface area contributed by atoms with Crippen molar-refractivity contribution in [2.75, 3.05) is 33.3 Å². The molecule has 0 aliphatic carbocycles. The molecule has 1 aliphatic heterocycles. The number of hydrogen-bond donors (Lipinski definition) is 0. The van der Waals surface area contributed by atoms with Crippen LogP contribution in [0, 0.1) is 11.7 Å². The fourth-order valence-corrected chi connectivity index (χ4v) is 3.17. The van der Waals surface area contributed by atoms with Crippen molar-refractivity contribution >= 4 is 0 Å². The lowest BCUT2D eigenvalue weighted by Crippen LogP contribution is -2.45. The van der Waals surface area contributed by atoms with Crippen LogP contribution in [-0.4, -0.2) is 53.2 Å². The average Bonchev–Trinajstić information content (AvgIpc) is 3.03. The third-order valence-corrected chi connectivity index (χ3v) is 4.55. The Morgan fingerprint density at radius 1 is 1.15 bits per heavy atom. The Morgan fingerprint density at radius 3 is 2.46 bits per heavy atom. The van der Waals surface area contributed by atoms with Gasteiger partial charge in [0.1, 0.15) is 0 Å². The summed E-state index contributed by atoms with van der Waals surface area (Å²) in [4.78, 5) is 9.12. The van der Waals surface area contributed by atoms with Crippen molar-refractivity contribution < 1.29 is 13.7 Å². The Morgan fingerprint density at radius 2 is 1.85 bits per heavy atom. The molecule has 0 spiro atoms. The number of nitrogens with zero attached hydrogens (tertiary/aromatic N) is 4. The molecule has 1 aromatic carbocycles. The van der Waals surface area contributed by atoms with E-state index in [-0.39, 0.29) is 11.6 Å². The molecule has 1 fully saturated rings. The van der Waals surface area contributed by atoms with Crippen LogP contribution in [0.2, 0.25) is 0 Å². The Bertz CT molecular complexity index is 711. The van der Waals surface area contributed by atoms with Crippen molar-refractivity contribution in [2.45, 2.75) is 33.4 Å². The summed E-state index contributed by atoms with van der Waals surface area (Å²) in [6.45, 7) is 9.44. The van der Waals surface area contributed by atoms with Crippen molar-refractivity contribution in [3.8, 4) is 5.75 Å². The van der Waals surface area contributed by atoms with Gasteiger partial charge in [0.2, 0.25) is 5.89 Å². The molecule has 3 rings (SSSR count). The second-order valence-corrected chi connectivity index (χ2v) is 7.22. The number of piperazine rings is 1. The van der Waals surface area contributed by atoms with Crippen LogP contribution in [0.1, 0.15) is 31.1 Å². The first-order valence-corrected chi connectivity index (χ1v) is 9.12. The Kier molecular flexibility index (Phi) is 6.21. The molecule has 0 N–H and O–H groups in total. The van der Waals surface area contributed by atoms with E-state index < -0.39 is 0 Å². The van der Waals surface area contributed by atoms with E-state index in [9.17, 15) is 4.39 Å². The van der Waals surface area contributed by atoms with E-state index in [1.165, 1.54) is 7.11 Å². The zero-order chi connectivity index (χ0) is 18.5. The van der Waals surface area contributed by atoms with Gasteiger partial charge in [-0.1, -0.05) is 25.1 Å². The smallest absolute Gasteiger partial charge is 0.240 e. The normalized spacial score (nSPS) is 16.3. The molecule has 0 saturated carbocycles. The summed E-state index contributed by atoms with van der Waals surface area (Å²) in [5.41, 5.74) is 0.965. The molecule has 1 saturated heterocycles. The molecule has 1 aliphatic rings. The van der Waals surface area contributed by atoms with E-state index in [1.54, 1.807) is 12.1 Å². The summed E-state index contributed by atoms with van der Waals surface area (Å²) >= 11 is 0. The molecule has 1 aromatic heterocycles. The number of hydrogen-bond acceptors (Lipinski definition) is 6. The highest BCUT2D eigenvalue weighted by Crippen LogP contribution is 2.19. The molecule has 0 radical (unpaired) electrons. The van der Waals surface area contributed by atoms with Gasteiger partial charge >= 0.3 is 0 Å².